The molecule has 1 aromatic heterocycles. The quantitative estimate of drug-likeness (QED) is 0.575. The number of rotatable bonds is 5. The summed E-state index contributed by atoms with van der Waals surface area (Å²) in [7, 11) is 1.74. The zero-order valence-corrected chi connectivity index (χ0v) is 17.5. The van der Waals surface area contributed by atoms with E-state index in [2.05, 4.69) is 27.3 Å². The van der Waals surface area contributed by atoms with E-state index in [0.29, 0.717) is 0 Å². The number of ether oxygens (including phenoxy) is 1. The van der Waals surface area contributed by atoms with Crippen molar-refractivity contribution in [2.75, 3.05) is 38.2 Å². The Balaban J connectivity index is 1.39. The molecule has 0 unspecified atom stereocenters. The first-order chi connectivity index (χ1) is 13.7. The zero-order chi connectivity index (χ0) is 19.3. The largest absolute Gasteiger partial charge is 0.495 e. The highest BCUT2D eigenvalue weighted by molar-refractivity contribution is 7.13. The molecule has 6 heteroatoms. The summed E-state index contributed by atoms with van der Waals surface area (Å²) >= 11 is 7.69. The van der Waals surface area contributed by atoms with E-state index in [1.54, 1.807) is 18.4 Å². The Labute approximate surface area is 175 Å². The van der Waals surface area contributed by atoms with Crippen LogP contribution in [0.1, 0.15) is 12.1 Å². The molecule has 0 amide bonds. The van der Waals surface area contributed by atoms with Crippen LogP contribution in [0.15, 0.2) is 53.9 Å². The molecule has 0 atom stereocenters. The average Bonchev–Trinajstić information content (AvgIpc) is 3.06. The molecule has 0 spiro atoms. The van der Waals surface area contributed by atoms with E-state index in [1.165, 1.54) is 5.69 Å². The number of thiazole rings is 1. The molecule has 1 fully saturated rings. The number of benzene rings is 2. The molecule has 1 aliphatic heterocycles. The zero-order valence-electron chi connectivity index (χ0n) is 16.0. The lowest BCUT2D eigenvalue weighted by molar-refractivity contribution is 0.282. The van der Waals surface area contributed by atoms with Crippen molar-refractivity contribution in [1.29, 1.82) is 0 Å². The van der Waals surface area contributed by atoms with Gasteiger partial charge in [0.25, 0.3) is 0 Å². The molecule has 4 nitrogen and oxygen atoms in total. The molecular weight excluding hydrogens is 390 g/mol. The highest BCUT2D eigenvalue weighted by atomic mass is 35.5. The van der Waals surface area contributed by atoms with Gasteiger partial charge in [-0.15, -0.1) is 11.3 Å². The van der Waals surface area contributed by atoms with Crippen LogP contribution >= 0.6 is 22.9 Å². The number of hydrogen-bond acceptors (Lipinski definition) is 5. The maximum atomic E-state index is 5.99. The second-order valence-corrected chi connectivity index (χ2v) is 8.23. The van der Waals surface area contributed by atoms with Gasteiger partial charge in [0.1, 0.15) is 10.8 Å². The Hall–Kier alpha value is -2.08. The van der Waals surface area contributed by atoms with Gasteiger partial charge in [-0.25, -0.2) is 4.98 Å². The molecule has 0 saturated carbocycles. The number of aromatic nitrogens is 1. The van der Waals surface area contributed by atoms with Crippen LogP contribution < -0.4 is 9.64 Å². The van der Waals surface area contributed by atoms with Crippen LogP contribution in [-0.4, -0.2) is 43.2 Å². The topological polar surface area (TPSA) is 28.6 Å². The molecule has 1 saturated heterocycles. The number of anilines is 1. The first-order valence-corrected chi connectivity index (χ1v) is 10.8. The fraction of sp³-hybridized carbons (Fsp3) is 0.318. The number of hydrogen-bond donors (Lipinski definition) is 0. The summed E-state index contributed by atoms with van der Waals surface area (Å²) in [6.45, 7) is 5.04. The normalized spacial score (nSPS) is 15.4. The molecule has 2 heterocycles. The van der Waals surface area contributed by atoms with E-state index in [-0.39, 0.29) is 0 Å². The molecule has 4 rings (SSSR count). The van der Waals surface area contributed by atoms with Gasteiger partial charge in [0.2, 0.25) is 0 Å². The first kappa shape index (κ1) is 19.2. The first-order valence-electron chi connectivity index (χ1n) is 9.53. The lowest BCUT2D eigenvalue weighted by Gasteiger charge is -2.25. The number of halogens is 1. The van der Waals surface area contributed by atoms with Crippen molar-refractivity contribution in [1.82, 2.24) is 9.88 Å². The van der Waals surface area contributed by atoms with Gasteiger partial charge in [0.15, 0.2) is 0 Å². The molecule has 3 aromatic rings. The third-order valence-electron chi connectivity index (χ3n) is 5.04. The van der Waals surface area contributed by atoms with Crippen molar-refractivity contribution in [3.8, 4) is 16.3 Å². The van der Waals surface area contributed by atoms with Crippen LogP contribution in [0.4, 0.5) is 5.69 Å². The van der Waals surface area contributed by atoms with Crippen LogP contribution in [-0.2, 0) is 6.54 Å². The van der Waals surface area contributed by atoms with E-state index in [1.807, 2.05) is 36.4 Å². The summed E-state index contributed by atoms with van der Waals surface area (Å²) in [5.74, 6) is 0.947. The molecule has 0 aliphatic carbocycles. The summed E-state index contributed by atoms with van der Waals surface area (Å²) in [6, 6.07) is 16.2. The fourth-order valence-corrected chi connectivity index (χ4v) is 4.54. The van der Waals surface area contributed by atoms with Gasteiger partial charge in [-0.1, -0.05) is 35.9 Å². The predicted octanol–water partition coefficient (Wildman–Crippen LogP) is 5.18. The maximum Gasteiger partial charge on any atom is 0.142 e. The van der Waals surface area contributed by atoms with Gasteiger partial charge in [-0.3, -0.25) is 4.90 Å². The Morgan fingerprint density at radius 2 is 1.86 bits per heavy atom. The van der Waals surface area contributed by atoms with E-state index in [0.717, 1.165) is 66.2 Å². The number of nitrogens with zero attached hydrogens (tertiary/aromatic N) is 3. The van der Waals surface area contributed by atoms with E-state index in [4.69, 9.17) is 21.3 Å². The smallest absolute Gasteiger partial charge is 0.142 e. The minimum absolute atomic E-state index is 0.754. The van der Waals surface area contributed by atoms with Crippen LogP contribution in [0.25, 0.3) is 10.6 Å². The van der Waals surface area contributed by atoms with Crippen molar-refractivity contribution < 1.29 is 4.74 Å². The second-order valence-electron chi connectivity index (χ2n) is 6.94. The van der Waals surface area contributed by atoms with E-state index in [9.17, 15) is 0 Å². The van der Waals surface area contributed by atoms with Gasteiger partial charge >= 0.3 is 0 Å². The molecule has 0 N–H and O–H groups in total. The van der Waals surface area contributed by atoms with Crippen LogP contribution in [0.5, 0.6) is 5.75 Å². The summed E-state index contributed by atoms with van der Waals surface area (Å²) < 4.78 is 5.54. The number of para-hydroxylation sites is 2. The van der Waals surface area contributed by atoms with Gasteiger partial charge in [-0.05, 0) is 30.7 Å². The molecule has 146 valence electrons. The average molecular weight is 414 g/mol. The van der Waals surface area contributed by atoms with Gasteiger partial charge in [0, 0.05) is 48.7 Å². The van der Waals surface area contributed by atoms with Crippen molar-refractivity contribution in [2.45, 2.75) is 13.0 Å². The third-order valence-corrected chi connectivity index (χ3v) is 6.24. The third kappa shape index (κ3) is 4.49. The summed E-state index contributed by atoms with van der Waals surface area (Å²) in [5, 5.41) is 3.98. The number of methoxy groups -OCH3 is 1. The summed E-state index contributed by atoms with van der Waals surface area (Å²) in [6.07, 6.45) is 1.13. The minimum Gasteiger partial charge on any atom is -0.495 e. The minimum atomic E-state index is 0.754. The highest BCUT2D eigenvalue weighted by Gasteiger charge is 2.18. The second kappa shape index (κ2) is 8.95. The van der Waals surface area contributed by atoms with Gasteiger partial charge in [0.05, 0.1) is 18.5 Å². The molecule has 0 radical (unpaired) electrons. The Morgan fingerprint density at radius 1 is 1.04 bits per heavy atom. The van der Waals surface area contributed by atoms with Crippen molar-refractivity contribution >= 4 is 28.6 Å². The van der Waals surface area contributed by atoms with Crippen LogP contribution in [0, 0.1) is 0 Å². The lowest BCUT2D eigenvalue weighted by Crippen LogP contribution is -2.30. The van der Waals surface area contributed by atoms with Crippen molar-refractivity contribution in [3.05, 3.63) is 64.6 Å². The van der Waals surface area contributed by atoms with Gasteiger partial charge in [-0.2, -0.15) is 0 Å². The monoisotopic (exact) mass is 413 g/mol. The Kier molecular flexibility index (Phi) is 6.15. The summed E-state index contributed by atoms with van der Waals surface area (Å²) in [4.78, 5) is 9.77. The SMILES string of the molecule is COc1ccccc1N1CCCN(Cc2csc(-c3ccc(Cl)cc3)n2)CC1. The predicted molar refractivity (Wildman–Crippen MR) is 118 cm³/mol. The van der Waals surface area contributed by atoms with Crippen molar-refractivity contribution in [3.63, 3.8) is 0 Å². The fourth-order valence-electron chi connectivity index (χ4n) is 3.59. The highest BCUT2D eigenvalue weighted by Crippen LogP contribution is 2.29. The van der Waals surface area contributed by atoms with Crippen molar-refractivity contribution in [2.24, 2.45) is 0 Å². The standard InChI is InChI=1S/C22H24ClN3OS/c1-27-21-6-3-2-5-20(21)26-12-4-11-25(13-14-26)15-19-16-28-22(24-19)17-7-9-18(23)10-8-17/h2-3,5-10,16H,4,11-15H2,1H3. The Morgan fingerprint density at radius 3 is 2.68 bits per heavy atom. The molecule has 1 aliphatic rings. The Bertz CT molecular complexity index is 912. The molecule has 2 aromatic carbocycles. The van der Waals surface area contributed by atoms with Crippen LogP contribution in [0.2, 0.25) is 5.02 Å². The maximum absolute atomic E-state index is 5.99. The molecule has 0 bridgehead atoms. The van der Waals surface area contributed by atoms with E-state index >= 15 is 0 Å². The summed E-state index contributed by atoms with van der Waals surface area (Å²) in [5.41, 5.74) is 3.45. The lowest BCUT2D eigenvalue weighted by atomic mass is 10.2. The molecule has 28 heavy (non-hydrogen) atoms. The molecular formula is C22H24ClN3OS. The van der Waals surface area contributed by atoms with Gasteiger partial charge < -0.3 is 9.64 Å². The van der Waals surface area contributed by atoms with E-state index < -0.39 is 0 Å². The van der Waals surface area contributed by atoms with Crippen LogP contribution in [0.3, 0.4) is 0 Å².